The zero-order valence-electron chi connectivity index (χ0n) is 8.06. The number of rotatable bonds is 7. The third-order valence-corrected chi connectivity index (χ3v) is 1.47. The van der Waals surface area contributed by atoms with Crippen molar-refractivity contribution in [3.05, 3.63) is 0 Å². The Bertz CT molecular complexity index is 115. The van der Waals surface area contributed by atoms with E-state index >= 15 is 0 Å². The molecule has 0 aromatic heterocycles. The van der Waals surface area contributed by atoms with Gasteiger partial charge in [0.25, 0.3) is 0 Å². The van der Waals surface area contributed by atoms with Crippen molar-refractivity contribution in [1.82, 2.24) is 5.32 Å². The molecule has 0 rings (SSSR count). The average molecular weight is 173 g/mol. The van der Waals surface area contributed by atoms with E-state index in [0.29, 0.717) is 6.42 Å². The Morgan fingerprint density at radius 1 is 1.42 bits per heavy atom. The van der Waals surface area contributed by atoms with Gasteiger partial charge in [0.15, 0.2) is 0 Å². The molecular formula is C9H19NO2. The summed E-state index contributed by atoms with van der Waals surface area (Å²) in [5, 5.41) is 2.82. The van der Waals surface area contributed by atoms with Crippen molar-refractivity contribution >= 4 is 5.91 Å². The van der Waals surface area contributed by atoms with Crippen LogP contribution in [0.3, 0.4) is 0 Å². The quantitative estimate of drug-likeness (QED) is 0.590. The van der Waals surface area contributed by atoms with Crippen molar-refractivity contribution in [1.29, 1.82) is 0 Å². The predicted octanol–water partition coefficient (Wildman–Crippen LogP) is 1.33. The van der Waals surface area contributed by atoms with Gasteiger partial charge in [0, 0.05) is 26.2 Å². The minimum Gasteiger partial charge on any atom is -0.382 e. The Labute approximate surface area is 74.5 Å². The second-order valence-electron chi connectivity index (χ2n) is 2.65. The number of ether oxygens (including phenoxy) is 1. The molecule has 1 amide bonds. The fraction of sp³-hybridized carbons (Fsp3) is 0.889. The standard InChI is InChI=1S/C9H19NO2/c1-3-6-9(11)10-7-5-8-12-4-2/h3-8H2,1-2H3,(H,10,11). The normalized spacial score (nSPS) is 9.83. The minimum absolute atomic E-state index is 0.147. The molecule has 0 aliphatic heterocycles. The topological polar surface area (TPSA) is 38.3 Å². The maximum absolute atomic E-state index is 10.9. The molecule has 0 spiro atoms. The lowest BCUT2D eigenvalue weighted by atomic mass is 10.3. The van der Waals surface area contributed by atoms with Crippen LogP contribution in [0.4, 0.5) is 0 Å². The maximum atomic E-state index is 10.9. The first-order valence-corrected chi connectivity index (χ1v) is 4.65. The van der Waals surface area contributed by atoms with E-state index in [1.54, 1.807) is 0 Å². The van der Waals surface area contributed by atoms with Crippen LogP contribution in [0.5, 0.6) is 0 Å². The SMILES string of the molecule is CCCC(=O)NCCCOCC. The number of carbonyl (C=O) groups is 1. The number of nitrogens with one attached hydrogen (secondary N) is 1. The highest BCUT2D eigenvalue weighted by Crippen LogP contribution is 1.86. The molecule has 0 aromatic carbocycles. The zero-order chi connectivity index (χ0) is 9.23. The Balaban J connectivity index is 3.03. The van der Waals surface area contributed by atoms with Gasteiger partial charge in [0.2, 0.25) is 5.91 Å². The average Bonchev–Trinajstić information content (AvgIpc) is 2.05. The molecule has 0 heterocycles. The van der Waals surface area contributed by atoms with Gasteiger partial charge in [0.1, 0.15) is 0 Å². The van der Waals surface area contributed by atoms with Crippen LogP contribution < -0.4 is 5.32 Å². The molecule has 1 N–H and O–H groups in total. The van der Waals surface area contributed by atoms with Gasteiger partial charge in [-0.3, -0.25) is 4.79 Å². The number of carbonyl (C=O) groups excluding carboxylic acids is 1. The molecule has 3 nitrogen and oxygen atoms in total. The lowest BCUT2D eigenvalue weighted by Gasteiger charge is -2.03. The third kappa shape index (κ3) is 7.54. The summed E-state index contributed by atoms with van der Waals surface area (Å²) in [4.78, 5) is 10.9. The second-order valence-corrected chi connectivity index (χ2v) is 2.65. The maximum Gasteiger partial charge on any atom is 0.219 e. The Kier molecular flexibility index (Phi) is 8.12. The molecule has 0 saturated carbocycles. The Morgan fingerprint density at radius 2 is 2.17 bits per heavy atom. The van der Waals surface area contributed by atoms with Crippen molar-refractivity contribution in [3.63, 3.8) is 0 Å². The molecule has 0 fully saturated rings. The molecule has 0 unspecified atom stereocenters. The summed E-state index contributed by atoms with van der Waals surface area (Å²) < 4.78 is 5.12. The van der Waals surface area contributed by atoms with E-state index in [1.165, 1.54) is 0 Å². The second kappa shape index (κ2) is 8.53. The van der Waals surface area contributed by atoms with E-state index in [-0.39, 0.29) is 5.91 Å². The van der Waals surface area contributed by atoms with Crippen molar-refractivity contribution in [3.8, 4) is 0 Å². The van der Waals surface area contributed by atoms with Crippen LogP contribution in [-0.4, -0.2) is 25.7 Å². The van der Waals surface area contributed by atoms with Gasteiger partial charge in [-0.15, -0.1) is 0 Å². The number of hydrogen-bond acceptors (Lipinski definition) is 2. The molecule has 0 bridgehead atoms. The molecule has 0 aliphatic carbocycles. The van der Waals surface area contributed by atoms with E-state index in [1.807, 2.05) is 13.8 Å². The van der Waals surface area contributed by atoms with Crippen molar-refractivity contribution < 1.29 is 9.53 Å². The molecule has 72 valence electrons. The van der Waals surface area contributed by atoms with Gasteiger partial charge < -0.3 is 10.1 Å². The van der Waals surface area contributed by atoms with E-state index in [4.69, 9.17) is 4.74 Å². The summed E-state index contributed by atoms with van der Waals surface area (Å²) in [5.74, 6) is 0.147. The Morgan fingerprint density at radius 3 is 2.75 bits per heavy atom. The van der Waals surface area contributed by atoms with Crippen molar-refractivity contribution in [2.45, 2.75) is 33.1 Å². The highest BCUT2D eigenvalue weighted by molar-refractivity contribution is 5.75. The fourth-order valence-corrected chi connectivity index (χ4v) is 0.862. The van der Waals surface area contributed by atoms with E-state index in [2.05, 4.69) is 5.32 Å². The molecule has 0 radical (unpaired) electrons. The summed E-state index contributed by atoms with van der Waals surface area (Å²) in [6, 6.07) is 0. The zero-order valence-corrected chi connectivity index (χ0v) is 8.06. The molecule has 12 heavy (non-hydrogen) atoms. The first-order chi connectivity index (χ1) is 5.81. The first kappa shape index (κ1) is 11.4. The van der Waals surface area contributed by atoms with Gasteiger partial charge in [-0.2, -0.15) is 0 Å². The fourth-order valence-electron chi connectivity index (χ4n) is 0.862. The molecule has 0 atom stereocenters. The monoisotopic (exact) mass is 173 g/mol. The third-order valence-electron chi connectivity index (χ3n) is 1.47. The molecular weight excluding hydrogens is 154 g/mol. The van der Waals surface area contributed by atoms with Gasteiger partial charge in [-0.1, -0.05) is 6.92 Å². The van der Waals surface area contributed by atoms with E-state index in [9.17, 15) is 4.79 Å². The van der Waals surface area contributed by atoms with Gasteiger partial charge in [-0.05, 0) is 19.8 Å². The number of hydrogen-bond donors (Lipinski definition) is 1. The van der Waals surface area contributed by atoms with Gasteiger partial charge in [-0.25, -0.2) is 0 Å². The van der Waals surface area contributed by atoms with Crippen LogP contribution in [0.2, 0.25) is 0 Å². The van der Waals surface area contributed by atoms with Crippen LogP contribution in [0.15, 0.2) is 0 Å². The molecule has 0 aliphatic rings. The summed E-state index contributed by atoms with van der Waals surface area (Å²) in [6.07, 6.45) is 2.45. The summed E-state index contributed by atoms with van der Waals surface area (Å²) in [5.41, 5.74) is 0. The lowest BCUT2D eigenvalue weighted by molar-refractivity contribution is -0.121. The molecule has 3 heteroatoms. The van der Waals surface area contributed by atoms with Crippen LogP contribution in [0, 0.1) is 0 Å². The summed E-state index contributed by atoms with van der Waals surface area (Å²) in [6.45, 7) is 6.19. The predicted molar refractivity (Wildman–Crippen MR) is 49.0 cm³/mol. The first-order valence-electron chi connectivity index (χ1n) is 4.65. The van der Waals surface area contributed by atoms with Crippen LogP contribution >= 0.6 is 0 Å². The molecule has 0 aromatic rings. The minimum atomic E-state index is 0.147. The van der Waals surface area contributed by atoms with E-state index < -0.39 is 0 Å². The van der Waals surface area contributed by atoms with Crippen LogP contribution in [0.25, 0.3) is 0 Å². The molecule has 0 saturated heterocycles. The van der Waals surface area contributed by atoms with Crippen LogP contribution in [-0.2, 0) is 9.53 Å². The summed E-state index contributed by atoms with van der Waals surface area (Å²) in [7, 11) is 0. The highest BCUT2D eigenvalue weighted by atomic mass is 16.5. The summed E-state index contributed by atoms with van der Waals surface area (Å²) >= 11 is 0. The largest absolute Gasteiger partial charge is 0.382 e. The number of amides is 1. The van der Waals surface area contributed by atoms with Gasteiger partial charge >= 0.3 is 0 Å². The van der Waals surface area contributed by atoms with Crippen molar-refractivity contribution in [2.75, 3.05) is 19.8 Å². The van der Waals surface area contributed by atoms with Gasteiger partial charge in [0.05, 0.1) is 0 Å². The Hall–Kier alpha value is -0.570. The van der Waals surface area contributed by atoms with Crippen molar-refractivity contribution in [2.24, 2.45) is 0 Å². The smallest absolute Gasteiger partial charge is 0.219 e. The lowest BCUT2D eigenvalue weighted by Crippen LogP contribution is -2.24. The van der Waals surface area contributed by atoms with Crippen LogP contribution in [0.1, 0.15) is 33.1 Å². The van der Waals surface area contributed by atoms with E-state index in [0.717, 1.165) is 32.6 Å². The highest BCUT2D eigenvalue weighted by Gasteiger charge is 1.96.